The van der Waals surface area contributed by atoms with Crippen LogP contribution < -0.4 is 0 Å². The van der Waals surface area contributed by atoms with Gasteiger partial charge in [-0.15, -0.1) is 0 Å². The van der Waals surface area contributed by atoms with E-state index < -0.39 is 0 Å². The average molecular weight is 637 g/mol. The Morgan fingerprint density at radius 2 is 0.760 bits per heavy atom. The van der Waals surface area contributed by atoms with E-state index in [1.165, 1.54) is 54.6 Å². The Balaban J connectivity index is 1.33. The zero-order chi connectivity index (χ0) is 32.8. The lowest BCUT2D eigenvalue weighted by Crippen LogP contribution is -1.93. The van der Waals surface area contributed by atoms with Gasteiger partial charge in [-0.25, -0.2) is 0 Å². The van der Waals surface area contributed by atoms with Crippen LogP contribution in [-0.4, -0.2) is 0 Å². The Morgan fingerprint density at radius 3 is 1.42 bits per heavy atom. The third-order valence-corrected chi connectivity index (χ3v) is 10.5. The standard InChI is InChI=1S/C48H28O2/c1-2-14-29(15-3-1)30-26-27-38(32-17-5-4-16-31(30)32)44-34-19-6-8-21-36(34)45(37-22-9-7-20-35(37)44)47-46-39-23-11-13-25-42(39)49-43(46)28-40-33-18-10-12-24-41(33)50-48(40)47/h1-28H. The first-order valence-corrected chi connectivity index (χ1v) is 17.1. The average Bonchev–Trinajstić information content (AvgIpc) is 3.74. The van der Waals surface area contributed by atoms with Crippen LogP contribution in [0.4, 0.5) is 0 Å². The van der Waals surface area contributed by atoms with Gasteiger partial charge in [0.1, 0.15) is 22.3 Å². The summed E-state index contributed by atoms with van der Waals surface area (Å²) in [5.41, 5.74) is 10.6. The molecule has 0 fully saturated rings. The number of furan rings is 2. The molecule has 11 aromatic rings. The largest absolute Gasteiger partial charge is 0.456 e. The van der Waals surface area contributed by atoms with Gasteiger partial charge in [0.25, 0.3) is 0 Å². The van der Waals surface area contributed by atoms with Crippen molar-refractivity contribution in [1.29, 1.82) is 0 Å². The molecule has 0 bridgehead atoms. The molecule has 0 aliphatic carbocycles. The molecule has 0 aliphatic heterocycles. The molecule has 2 heteroatoms. The van der Waals surface area contributed by atoms with E-state index >= 15 is 0 Å². The lowest BCUT2D eigenvalue weighted by atomic mass is 9.82. The van der Waals surface area contributed by atoms with Crippen molar-refractivity contribution in [1.82, 2.24) is 0 Å². The molecule has 0 N–H and O–H groups in total. The minimum atomic E-state index is 0.861. The van der Waals surface area contributed by atoms with Crippen molar-refractivity contribution in [2.75, 3.05) is 0 Å². The highest BCUT2D eigenvalue weighted by atomic mass is 16.3. The van der Waals surface area contributed by atoms with Crippen molar-refractivity contribution in [2.45, 2.75) is 0 Å². The molecule has 0 aliphatic rings. The molecule has 50 heavy (non-hydrogen) atoms. The van der Waals surface area contributed by atoms with E-state index in [0.29, 0.717) is 0 Å². The summed E-state index contributed by atoms with van der Waals surface area (Å²) in [7, 11) is 0. The summed E-state index contributed by atoms with van der Waals surface area (Å²) in [5.74, 6) is 0. The highest BCUT2D eigenvalue weighted by Crippen LogP contribution is 2.51. The van der Waals surface area contributed by atoms with Gasteiger partial charge >= 0.3 is 0 Å². The van der Waals surface area contributed by atoms with Crippen LogP contribution in [0.15, 0.2) is 179 Å². The maximum atomic E-state index is 6.85. The predicted molar refractivity (Wildman–Crippen MR) is 210 cm³/mol. The molecule has 0 atom stereocenters. The van der Waals surface area contributed by atoms with Gasteiger partial charge in [-0.1, -0.05) is 152 Å². The van der Waals surface area contributed by atoms with E-state index in [9.17, 15) is 0 Å². The Morgan fingerprint density at radius 1 is 0.280 bits per heavy atom. The van der Waals surface area contributed by atoms with Gasteiger partial charge in [0.05, 0.1) is 0 Å². The summed E-state index contributed by atoms with van der Waals surface area (Å²) in [4.78, 5) is 0. The highest BCUT2D eigenvalue weighted by Gasteiger charge is 2.26. The van der Waals surface area contributed by atoms with Gasteiger partial charge in [-0.05, 0) is 72.8 Å². The first-order chi connectivity index (χ1) is 24.8. The Labute approximate surface area is 287 Å². The summed E-state index contributed by atoms with van der Waals surface area (Å²) in [6.45, 7) is 0. The lowest BCUT2D eigenvalue weighted by Gasteiger charge is -2.20. The molecule has 0 saturated heterocycles. The fourth-order valence-electron chi connectivity index (χ4n) is 8.38. The minimum Gasteiger partial charge on any atom is -0.456 e. The van der Waals surface area contributed by atoms with Crippen LogP contribution in [0.25, 0.3) is 110 Å². The summed E-state index contributed by atoms with van der Waals surface area (Å²) >= 11 is 0. The maximum Gasteiger partial charge on any atom is 0.144 e. The second kappa shape index (κ2) is 10.4. The Kier molecular flexibility index (Phi) is 5.70. The van der Waals surface area contributed by atoms with E-state index in [0.717, 1.165) is 55.0 Å². The Bertz CT molecular complexity index is 3080. The van der Waals surface area contributed by atoms with E-state index in [4.69, 9.17) is 8.83 Å². The second-order valence-electron chi connectivity index (χ2n) is 13.1. The molecule has 0 amide bonds. The zero-order valence-corrected chi connectivity index (χ0v) is 27.0. The van der Waals surface area contributed by atoms with Crippen LogP contribution in [0.5, 0.6) is 0 Å². The third kappa shape index (κ3) is 3.79. The smallest absolute Gasteiger partial charge is 0.144 e. The summed E-state index contributed by atoms with van der Waals surface area (Å²) < 4.78 is 13.5. The predicted octanol–water partition coefficient (Wildman–Crippen LogP) is 13.9. The van der Waals surface area contributed by atoms with Crippen molar-refractivity contribution in [3.8, 4) is 33.4 Å². The van der Waals surface area contributed by atoms with E-state index in [1.54, 1.807) is 0 Å². The van der Waals surface area contributed by atoms with Gasteiger partial charge in [0.2, 0.25) is 0 Å². The van der Waals surface area contributed by atoms with E-state index in [1.807, 2.05) is 12.1 Å². The van der Waals surface area contributed by atoms with E-state index in [2.05, 4.69) is 158 Å². The summed E-state index contributed by atoms with van der Waals surface area (Å²) in [5, 5.41) is 11.5. The van der Waals surface area contributed by atoms with Gasteiger partial charge < -0.3 is 8.83 Å². The number of benzene rings is 9. The number of rotatable bonds is 3. The Hall–Kier alpha value is -6.64. The molecule has 0 unspecified atom stereocenters. The molecule has 2 aromatic heterocycles. The number of hydrogen-bond acceptors (Lipinski definition) is 2. The van der Waals surface area contributed by atoms with E-state index in [-0.39, 0.29) is 0 Å². The van der Waals surface area contributed by atoms with Gasteiger partial charge in [-0.2, -0.15) is 0 Å². The first kappa shape index (κ1) is 27.3. The molecule has 2 nitrogen and oxygen atoms in total. The van der Waals surface area contributed by atoms with Gasteiger partial charge in [0, 0.05) is 32.7 Å². The third-order valence-electron chi connectivity index (χ3n) is 10.5. The van der Waals surface area contributed by atoms with Gasteiger partial charge in [0.15, 0.2) is 0 Å². The minimum absolute atomic E-state index is 0.861. The molecule has 0 spiro atoms. The molecule has 11 rings (SSSR count). The topological polar surface area (TPSA) is 26.3 Å². The van der Waals surface area contributed by atoms with Crippen molar-refractivity contribution in [2.24, 2.45) is 0 Å². The normalized spacial score (nSPS) is 12.0. The molecular weight excluding hydrogens is 609 g/mol. The first-order valence-electron chi connectivity index (χ1n) is 17.1. The van der Waals surface area contributed by atoms with Crippen LogP contribution in [0, 0.1) is 0 Å². The number of hydrogen-bond donors (Lipinski definition) is 0. The monoisotopic (exact) mass is 636 g/mol. The van der Waals surface area contributed by atoms with Crippen LogP contribution in [-0.2, 0) is 0 Å². The quantitative estimate of drug-likeness (QED) is 0.180. The fraction of sp³-hybridized carbons (Fsp3) is 0. The molecule has 0 radical (unpaired) electrons. The molecule has 9 aromatic carbocycles. The zero-order valence-electron chi connectivity index (χ0n) is 27.0. The van der Waals surface area contributed by atoms with Gasteiger partial charge in [-0.3, -0.25) is 0 Å². The molecular formula is C48H28O2. The van der Waals surface area contributed by atoms with Crippen molar-refractivity contribution in [3.05, 3.63) is 170 Å². The molecule has 232 valence electrons. The number of fused-ring (bicyclic) bond motifs is 9. The number of para-hydroxylation sites is 2. The van der Waals surface area contributed by atoms with Crippen molar-refractivity contribution >= 4 is 76.2 Å². The van der Waals surface area contributed by atoms with Crippen LogP contribution >= 0.6 is 0 Å². The van der Waals surface area contributed by atoms with Crippen LogP contribution in [0.2, 0.25) is 0 Å². The fourth-order valence-corrected chi connectivity index (χ4v) is 8.38. The molecule has 2 heterocycles. The lowest BCUT2D eigenvalue weighted by molar-refractivity contribution is 0.664. The van der Waals surface area contributed by atoms with Crippen molar-refractivity contribution < 1.29 is 8.83 Å². The van der Waals surface area contributed by atoms with Crippen LogP contribution in [0.1, 0.15) is 0 Å². The van der Waals surface area contributed by atoms with Crippen molar-refractivity contribution in [3.63, 3.8) is 0 Å². The maximum absolute atomic E-state index is 6.85. The molecule has 0 saturated carbocycles. The SMILES string of the molecule is c1ccc(-c2ccc(-c3c4ccccc4c(-c4c5oc6ccccc6c5cc5oc6ccccc6c45)c4ccccc34)c3ccccc23)cc1. The second-order valence-corrected chi connectivity index (χ2v) is 13.1. The summed E-state index contributed by atoms with van der Waals surface area (Å²) in [6.07, 6.45) is 0. The summed E-state index contributed by atoms with van der Waals surface area (Å²) in [6, 6.07) is 60.7. The van der Waals surface area contributed by atoms with Crippen LogP contribution in [0.3, 0.4) is 0 Å². The highest BCUT2D eigenvalue weighted by molar-refractivity contribution is 6.31.